The first kappa shape index (κ1) is 12.1. The zero-order valence-corrected chi connectivity index (χ0v) is 10.1. The highest BCUT2D eigenvalue weighted by Gasteiger charge is 2.11. The van der Waals surface area contributed by atoms with E-state index in [2.05, 4.69) is 16.3 Å². The van der Waals surface area contributed by atoms with Crippen LogP contribution in [0.2, 0.25) is 0 Å². The molecule has 0 radical (unpaired) electrons. The largest absolute Gasteiger partial charge is 0.465 e. The summed E-state index contributed by atoms with van der Waals surface area (Å²) in [6, 6.07) is 7.65. The molecule has 0 bridgehead atoms. The minimum atomic E-state index is -0.271. The molecule has 1 aromatic carbocycles. The number of nitrogens with one attached hydrogen (secondary N) is 1. The number of methoxy groups -OCH3 is 1. The van der Waals surface area contributed by atoms with E-state index in [0.717, 1.165) is 38.3 Å². The van der Waals surface area contributed by atoms with Gasteiger partial charge in [0.2, 0.25) is 0 Å². The van der Waals surface area contributed by atoms with Crippen molar-refractivity contribution in [1.29, 1.82) is 0 Å². The van der Waals surface area contributed by atoms with Crippen LogP contribution in [0.4, 0.5) is 0 Å². The van der Waals surface area contributed by atoms with Crippen molar-refractivity contribution in [2.75, 3.05) is 33.3 Å². The van der Waals surface area contributed by atoms with Crippen LogP contribution in [-0.4, -0.2) is 44.2 Å². The molecule has 1 heterocycles. The maximum absolute atomic E-state index is 11.4. The number of nitrogens with zero attached hydrogens (tertiary/aromatic N) is 1. The van der Waals surface area contributed by atoms with Crippen LogP contribution < -0.4 is 5.32 Å². The Hall–Kier alpha value is -1.39. The van der Waals surface area contributed by atoms with Gasteiger partial charge in [-0.05, 0) is 17.7 Å². The first-order valence-electron chi connectivity index (χ1n) is 5.90. The normalized spacial score (nSPS) is 16.8. The number of carbonyl (C=O) groups is 1. The first-order chi connectivity index (χ1) is 8.29. The van der Waals surface area contributed by atoms with E-state index in [9.17, 15) is 4.79 Å². The highest BCUT2D eigenvalue weighted by molar-refractivity contribution is 5.89. The zero-order chi connectivity index (χ0) is 12.1. The Morgan fingerprint density at radius 1 is 1.41 bits per heavy atom. The minimum Gasteiger partial charge on any atom is -0.465 e. The van der Waals surface area contributed by atoms with Gasteiger partial charge in [0, 0.05) is 32.7 Å². The molecule has 1 N–H and O–H groups in total. The molecule has 0 spiro atoms. The van der Waals surface area contributed by atoms with E-state index < -0.39 is 0 Å². The van der Waals surface area contributed by atoms with E-state index in [1.807, 2.05) is 12.1 Å². The summed E-state index contributed by atoms with van der Waals surface area (Å²) in [6.45, 7) is 5.09. The second-order valence-electron chi connectivity index (χ2n) is 4.22. The predicted octanol–water partition coefficient (Wildman–Crippen LogP) is 0.878. The van der Waals surface area contributed by atoms with Gasteiger partial charge in [-0.1, -0.05) is 12.1 Å². The third-order valence-electron chi connectivity index (χ3n) is 2.96. The maximum Gasteiger partial charge on any atom is 0.337 e. The molecule has 0 aliphatic carbocycles. The monoisotopic (exact) mass is 234 g/mol. The molecule has 0 aromatic heterocycles. The highest BCUT2D eigenvalue weighted by atomic mass is 16.5. The third kappa shape index (κ3) is 3.28. The van der Waals surface area contributed by atoms with Crippen LogP contribution in [0.15, 0.2) is 24.3 Å². The lowest BCUT2D eigenvalue weighted by molar-refractivity contribution is 0.0600. The molecule has 4 nitrogen and oxygen atoms in total. The zero-order valence-electron chi connectivity index (χ0n) is 10.1. The molecule has 0 amide bonds. The van der Waals surface area contributed by atoms with Gasteiger partial charge in [0.25, 0.3) is 0 Å². The summed E-state index contributed by atoms with van der Waals surface area (Å²) in [7, 11) is 1.41. The topological polar surface area (TPSA) is 41.6 Å². The second-order valence-corrected chi connectivity index (χ2v) is 4.22. The van der Waals surface area contributed by atoms with Crippen LogP contribution in [-0.2, 0) is 11.3 Å². The smallest absolute Gasteiger partial charge is 0.337 e. The number of piperazine rings is 1. The Bertz CT molecular complexity index is 387. The Morgan fingerprint density at radius 3 is 2.88 bits per heavy atom. The number of carbonyl (C=O) groups excluding carboxylic acids is 1. The van der Waals surface area contributed by atoms with Crippen LogP contribution in [0.3, 0.4) is 0 Å². The van der Waals surface area contributed by atoms with Crippen molar-refractivity contribution in [3.8, 4) is 0 Å². The minimum absolute atomic E-state index is 0.271. The standard InChI is InChI=1S/C13H18N2O2/c1-17-13(16)12-4-2-3-11(9-12)10-15-7-5-14-6-8-15/h2-4,9,14H,5-8,10H2,1H3. The fourth-order valence-corrected chi connectivity index (χ4v) is 2.04. The van der Waals surface area contributed by atoms with Gasteiger partial charge in [-0.15, -0.1) is 0 Å². The Morgan fingerprint density at radius 2 is 2.18 bits per heavy atom. The molecular formula is C13H18N2O2. The number of ether oxygens (including phenoxy) is 1. The lowest BCUT2D eigenvalue weighted by Crippen LogP contribution is -2.42. The quantitative estimate of drug-likeness (QED) is 0.788. The summed E-state index contributed by atoms with van der Waals surface area (Å²) in [5.74, 6) is -0.271. The van der Waals surface area contributed by atoms with Gasteiger partial charge in [0.1, 0.15) is 0 Å². The lowest BCUT2D eigenvalue weighted by Gasteiger charge is -2.27. The summed E-state index contributed by atoms with van der Waals surface area (Å²) >= 11 is 0. The van der Waals surface area contributed by atoms with Crippen molar-refractivity contribution >= 4 is 5.97 Å². The lowest BCUT2D eigenvalue weighted by atomic mass is 10.1. The summed E-state index contributed by atoms with van der Waals surface area (Å²) in [4.78, 5) is 13.8. The van der Waals surface area contributed by atoms with E-state index in [1.165, 1.54) is 7.11 Å². The van der Waals surface area contributed by atoms with Gasteiger partial charge in [0.05, 0.1) is 12.7 Å². The summed E-state index contributed by atoms with van der Waals surface area (Å²) in [5, 5.41) is 3.32. The van der Waals surface area contributed by atoms with Gasteiger partial charge in [-0.3, -0.25) is 4.90 Å². The van der Waals surface area contributed by atoms with Gasteiger partial charge in [-0.2, -0.15) is 0 Å². The summed E-state index contributed by atoms with van der Waals surface area (Å²) in [5.41, 5.74) is 1.79. The molecule has 1 aliphatic rings. The van der Waals surface area contributed by atoms with Gasteiger partial charge in [-0.25, -0.2) is 4.79 Å². The molecule has 17 heavy (non-hydrogen) atoms. The van der Waals surface area contributed by atoms with Crippen molar-refractivity contribution in [3.05, 3.63) is 35.4 Å². The summed E-state index contributed by atoms with van der Waals surface area (Å²) in [6.07, 6.45) is 0. The van der Waals surface area contributed by atoms with Gasteiger partial charge >= 0.3 is 5.97 Å². The Balaban J connectivity index is 2.02. The summed E-state index contributed by atoms with van der Waals surface area (Å²) < 4.78 is 4.72. The van der Waals surface area contributed by atoms with E-state index in [0.29, 0.717) is 5.56 Å². The van der Waals surface area contributed by atoms with E-state index in [-0.39, 0.29) is 5.97 Å². The fraction of sp³-hybridized carbons (Fsp3) is 0.462. The Labute approximate surface area is 102 Å². The maximum atomic E-state index is 11.4. The van der Waals surface area contributed by atoms with Crippen LogP contribution >= 0.6 is 0 Å². The van der Waals surface area contributed by atoms with Crippen molar-refractivity contribution < 1.29 is 9.53 Å². The second kappa shape index (κ2) is 5.80. The SMILES string of the molecule is COC(=O)c1cccc(CN2CCNCC2)c1. The van der Waals surface area contributed by atoms with Crippen LogP contribution in [0.25, 0.3) is 0 Å². The molecule has 92 valence electrons. The third-order valence-corrected chi connectivity index (χ3v) is 2.96. The molecule has 0 unspecified atom stereocenters. The average Bonchev–Trinajstić information content (AvgIpc) is 2.39. The van der Waals surface area contributed by atoms with Gasteiger partial charge < -0.3 is 10.1 Å². The highest BCUT2D eigenvalue weighted by Crippen LogP contribution is 2.09. The molecule has 1 aromatic rings. The number of rotatable bonds is 3. The van der Waals surface area contributed by atoms with Crippen molar-refractivity contribution in [3.63, 3.8) is 0 Å². The van der Waals surface area contributed by atoms with Crippen LogP contribution in [0.1, 0.15) is 15.9 Å². The molecule has 2 rings (SSSR count). The fourth-order valence-electron chi connectivity index (χ4n) is 2.04. The molecule has 1 saturated heterocycles. The number of esters is 1. The number of hydrogen-bond donors (Lipinski definition) is 1. The molecule has 0 atom stereocenters. The molecule has 4 heteroatoms. The molecule has 0 saturated carbocycles. The number of benzene rings is 1. The van der Waals surface area contributed by atoms with Crippen molar-refractivity contribution in [2.24, 2.45) is 0 Å². The van der Waals surface area contributed by atoms with E-state index in [1.54, 1.807) is 6.07 Å². The van der Waals surface area contributed by atoms with Crippen molar-refractivity contribution in [1.82, 2.24) is 10.2 Å². The first-order valence-corrected chi connectivity index (χ1v) is 5.90. The van der Waals surface area contributed by atoms with E-state index in [4.69, 9.17) is 4.74 Å². The van der Waals surface area contributed by atoms with Crippen LogP contribution in [0, 0.1) is 0 Å². The Kier molecular flexibility index (Phi) is 4.12. The number of hydrogen-bond acceptors (Lipinski definition) is 4. The van der Waals surface area contributed by atoms with Crippen molar-refractivity contribution in [2.45, 2.75) is 6.54 Å². The molecule has 1 fully saturated rings. The molecule has 1 aliphatic heterocycles. The van der Waals surface area contributed by atoms with E-state index >= 15 is 0 Å². The predicted molar refractivity (Wildman–Crippen MR) is 65.9 cm³/mol. The molecular weight excluding hydrogens is 216 g/mol. The van der Waals surface area contributed by atoms with Crippen LogP contribution in [0.5, 0.6) is 0 Å². The van der Waals surface area contributed by atoms with Gasteiger partial charge in [0.15, 0.2) is 0 Å². The average molecular weight is 234 g/mol.